The largest absolute Gasteiger partial charge is 0.481 e. The van der Waals surface area contributed by atoms with Crippen LogP contribution < -0.4 is 11.5 Å². The van der Waals surface area contributed by atoms with E-state index >= 15 is 0 Å². The number of carbonyl (C=O) groups is 3. The maximum atomic E-state index is 13.4. The van der Waals surface area contributed by atoms with E-state index in [0.29, 0.717) is 44.9 Å². The van der Waals surface area contributed by atoms with Gasteiger partial charge in [-0.05, 0) is 97.8 Å². The zero-order chi connectivity index (χ0) is 34.7. The van der Waals surface area contributed by atoms with Crippen molar-refractivity contribution < 1.29 is 33.7 Å². The van der Waals surface area contributed by atoms with Gasteiger partial charge in [0.15, 0.2) is 0 Å². The number of nitrogens with two attached hydrogens (primary N) is 2. The second-order valence-corrected chi connectivity index (χ2v) is 17.4. The third kappa shape index (κ3) is 5.49. The molecule has 1 heterocycles. The molecule has 4 aliphatic carbocycles. The van der Waals surface area contributed by atoms with Crippen molar-refractivity contribution in [1.82, 2.24) is 0 Å². The number of carbonyl (C=O) groups excluding carboxylic acids is 2. The smallest absolute Gasteiger partial charge is 0.323 e. The van der Waals surface area contributed by atoms with E-state index in [-0.39, 0.29) is 28.6 Å². The first-order valence-electron chi connectivity index (χ1n) is 18.3. The number of aliphatic carboxylic acids is 1. The van der Waals surface area contributed by atoms with E-state index in [1.54, 1.807) is 0 Å². The van der Waals surface area contributed by atoms with E-state index in [9.17, 15) is 19.5 Å². The zero-order valence-electron chi connectivity index (χ0n) is 30.2. The number of hydrogen-bond donors (Lipinski definition) is 3. The molecular formula is C38H62N2O7. The summed E-state index contributed by atoms with van der Waals surface area (Å²) in [4.78, 5) is 39.3. The molecule has 0 spiro atoms. The highest BCUT2D eigenvalue weighted by Gasteiger charge is 2.72. The van der Waals surface area contributed by atoms with E-state index in [2.05, 4.69) is 54.5 Å². The Morgan fingerprint density at radius 2 is 1.72 bits per heavy atom. The normalized spacial score (nSPS) is 43.8. The first-order chi connectivity index (χ1) is 21.9. The summed E-state index contributed by atoms with van der Waals surface area (Å²) in [6, 6.07) is -0.772. The van der Waals surface area contributed by atoms with Crippen molar-refractivity contribution >= 4 is 17.9 Å². The Morgan fingerprint density at radius 3 is 2.34 bits per heavy atom. The quantitative estimate of drug-likeness (QED) is 0.149. The fourth-order valence-electron chi connectivity index (χ4n) is 11.9. The van der Waals surface area contributed by atoms with Crippen molar-refractivity contribution in [2.24, 2.45) is 68.1 Å². The molecule has 0 aromatic rings. The van der Waals surface area contributed by atoms with Crippen molar-refractivity contribution in [2.75, 3.05) is 19.8 Å². The van der Waals surface area contributed by atoms with Gasteiger partial charge in [0.2, 0.25) is 0 Å². The van der Waals surface area contributed by atoms with Gasteiger partial charge in [-0.25, -0.2) is 0 Å². The number of esters is 2. The number of carboxylic acids is 1. The molecule has 4 fully saturated rings. The van der Waals surface area contributed by atoms with Crippen LogP contribution in [0.2, 0.25) is 0 Å². The average Bonchev–Trinajstić information content (AvgIpc) is 2.98. The Balaban J connectivity index is 1.54. The zero-order valence-corrected chi connectivity index (χ0v) is 30.2. The number of fused-ring (bicyclic) bond motifs is 3. The molecule has 5 N–H and O–H groups in total. The van der Waals surface area contributed by atoms with E-state index < -0.39 is 58.3 Å². The predicted molar refractivity (Wildman–Crippen MR) is 180 cm³/mol. The van der Waals surface area contributed by atoms with Crippen LogP contribution in [0.4, 0.5) is 0 Å². The summed E-state index contributed by atoms with van der Waals surface area (Å²) in [5.74, 6) is -1.01. The summed E-state index contributed by atoms with van der Waals surface area (Å²) < 4.78 is 18.8. The molecule has 3 saturated carbocycles. The molecule has 0 amide bonds. The minimum absolute atomic E-state index is 0.155. The van der Waals surface area contributed by atoms with Gasteiger partial charge in [0.1, 0.15) is 18.2 Å². The summed E-state index contributed by atoms with van der Waals surface area (Å²) in [7, 11) is 0. The molecule has 5 aliphatic rings. The van der Waals surface area contributed by atoms with E-state index in [1.807, 2.05) is 0 Å². The minimum Gasteiger partial charge on any atom is -0.481 e. The lowest BCUT2D eigenvalue weighted by Crippen LogP contribution is -2.70. The van der Waals surface area contributed by atoms with Crippen LogP contribution in [0, 0.1) is 56.7 Å². The van der Waals surface area contributed by atoms with Gasteiger partial charge in [0.25, 0.3) is 0 Å². The Bertz CT molecular complexity index is 1270. The monoisotopic (exact) mass is 658 g/mol. The first-order valence-corrected chi connectivity index (χ1v) is 18.3. The average molecular weight is 659 g/mol. The van der Waals surface area contributed by atoms with Crippen LogP contribution in [0.1, 0.15) is 113 Å². The second-order valence-electron chi connectivity index (χ2n) is 17.4. The lowest BCUT2D eigenvalue weighted by Gasteiger charge is -2.71. The molecule has 0 radical (unpaired) electrons. The number of rotatable bonds is 10. The molecule has 47 heavy (non-hydrogen) atoms. The number of hydrogen-bond acceptors (Lipinski definition) is 8. The first kappa shape index (κ1) is 36.3. The fraction of sp³-hybridized carbons (Fsp3) is 0.868. The summed E-state index contributed by atoms with van der Waals surface area (Å²) >= 11 is 0. The maximum absolute atomic E-state index is 13.4. The second kappa shape index (κ2) is 12.7. The SMILES string of the molecule is CC(=O)O[C@@H]1C[C@]23COC[C@@](C)([C@@H]2CC[C@H]2C3=CC[C@@]3(C)[C@H](C(=O)O)[C@@](C)([C@H](C)C(C)C)CC[C@]23C)[C@H]1OC(=O)C(N)CCCCN. The van der Waals surface area contributed by atoms with Gasteiger partial charge in [0, 0.05) is 17.8 Å². The summed E-state index contributed by atoms with van der Waals surface area (Å²) in [5.41, 5.74) is 11.3. The number of ether oxygens (including phenoxy) is 3. The van der Waals surface area contributed by atoms with Crippen molar-refractivity contribution in [1.29, 1.82) is 0 Å². The Morgan fingerprint density at radius 1 is 1.02 bits per heavy atom. The Kier molecular flexibility index (Phi) is 9.83. The minimum atomic E-state index is -0.772. The van der Waals surface area contributed by atoms with Crippen LogP contribution >= 0.6 is 0 Å². The highest BCUT2D eigenvalue weighted by Crippen LogP contribution is 2.75. The standard InChI is InChI=1S/C38H62N2O7/c1-22(2)23(3)34(5)16-17-36(7)25-12-13-29-35(6)20-45-21-38(29,26(25)14-15-37(36,8)30(34)32(42)43)19-28(46-24(4)41)31(35)47-33(44)27(40)11-9-10-18-39/h14,22-23,25,27-31H,9-13,15-21,39-40H2,1-8H3,(H,42,43)/t23-,25+,27?,28-,29+,30-,31+,34-,35+,36-,37+,38-/m1/s1. The predicted octanol–water partition coefficient (Wildman–Crippen LogP) is 5.87. The lowest BCUT2D eigenvalue weighted by molar-refractivity contribution is -0.263. The molecule has 5 rings (SSSR count). The Hall–Kier alpha value is -1.97. The molecule has 0 aromatic heterocycles. The number of carboxylic acid groups (broad SMARTS) is 1. The molecule has 9 heteroatoms. The molecular weight excluding hydrogens is 596 g/mol. The molecule has 1 aliphatic heterocycles. The molecule has 2 bridgehead atoms. The molecule has 1 unspecified atom stereocenters. The van der Waals surface area contributed by atoms with Crippen LogP contribution in [0.25, 0.3) is 0 Å². The van der Waals surface area contributed by atoms with Gasteiger partial charge in [-0.15, -0.1) is 0 Å². The molecule has 266 valence electrons. The van der Waals surface area contributed by atoms with Crippen molar-refractivity contribution in [2.45, 2.75) is 131 Å². The number of unbranched alkanes of at least 4 members (excludes halogenated alkanes) is 1. The number of allylic oxidation sites excluding steroid dienone is 1. The van der Waals surface area contributed by atoms with Gasteiger partial charge in [-0.3, -0.25) is 14.4 Å². The summed E-state index contributed by atoms with van der Waals surface area (Å²) in [5, 5.41) is 11.0. The topological polar surface area (TPSA) is 151 Å². The van der Waals surface area contributed by atoms with E-state index in [0.717, 1.165) is 38.5 Å². The van der Waals surface area contributed by atoms with Crippen molar-refractivity contribution in [3.8, 4) is 0 Å². The van der Waals surface area contributed by atoms with Gasteiger partial charge >= 0.3 is 17.9 Å². The van der Waals surface area contributed by atoms with Crippen LogP contribution in [0.5, 0.6) is 0 Å². The van der Waals surface area contributed by atoms with Crippen LogP contribution in [-0.2, 0) is 28.6 Å². The van der Waals surface area contributed by atoms with Crippen molar-refractivity contribution in [3.05, 3.63) is 11.6 Å². The molecule has 1 saturated heterocycles. The van der Waals surface area contributed by atoms with Gasteiger partial charge in [0.05, 0.1) is 19.1 Å². The van der Waals surface area contributed by atoms with Gasteiger partial charge in [-0.2, -0.15) is 0 Å². The van der Waals surface area contributed by atoms with Crippen molar-refractivity contribution in [3.63, 3.8) is 0 Å². The maximum Gasteiger partial charge on any atom is 0.323 e. The fourth-order valence-corrected chi connectivity index (χ4v) is 11.9. The van der Waals surface area contributed by atoms with Gasteiger partial charge < -0.3 is 30.8 Å². The van der Waals surface area contributed by atoms with Crippen LogP contribution in [-0.4, -0.2) is 61.0 Å². The third-order valence-corrected chi connectivity index (χ3v) is 14.9. The van der Waals surface area contributed by atoms with Gasteiger partial charge in [-0.1, -0.05) is 66.5 Å². The highest BCUT2D eigenvalue weighted by atomic mass is 16.6. The van der Waals surface area contributed by atoms with E-state index in [1.165, 1.54) is 12.5 Å². The summed E-state index contributed by atoms with van der Waals surface area (Å²) in [6.45, 7) is 18.5. The lowest BCUT2D eigenvalue weighted by atomic mass is 9.34. The molecule has 12 atom stereocenters. The highest BCUT2D eigenvalue weighted by molar-refractivity contribution is 5.76. The Labute approximate surface area is 282 Å². The van der Waals surface area contributed by atoms with Crippen LogP contribution in [0.3, 0.4) is 0 Å². The third-order valence-electron chi connectivity index (χ3n) is 14.9. The molecule has 0 aromatic carbocycles. The van der Waals surface area contributed by atoms with E-state index in [4.69, 9.17) is 25.7 Å². The molecule has 9 nitrogen and oxygen atoms in total. The van der Waals surface area contributed by atoms with Crippen LogP contribution in [0.15, 0.2) is 11.6 Å². The summed E-state index contributed by atoms with van der Waals surface area (Å²) in [6.07, 6.45) is 7.97.